The van der Waals surface area contributed by atoms with Crippen LogP contribution >= 0.6 is 0 Å². The molecule has 0 amide bonds. The second-order valence-corrected chi connectivity index (χ2v) is 22.6. The van der Waals surface area contributed by atoms with Gasteiger partial charge in [0.2, 0.25) is 0 Å². The van der Waals surface area contributed by atoms with Crippen LogP contribution in [0.1, 0.15) is 161 Å². The molecule has 8 rings (SSSR count). The maximum Gasteiger partial charge on any atom is 0.130 e. The van der Waals surface area contributed by atoms with Crippen molar-refractivity contribution in [2.75, 3.05) is 0 Å². The molecule has 2 heterocycles. The second kappa shape index (κ2) is 17.6. The van der Waals surface area contributed by atoms with E-state index >= 15 is 0 Å². The Balaban J connectivity index is 1.41. The molecule has 0 saturated heterocycles. The van der Waals surface area contributed by atoms with E-state index in [0.717, 1.165) is 101 Å². The van der Waals surface area contributed by atoms with Crippen LogP contribution in [0.15, 0.2) is 109 Å². The van der Waals surface area contributed by atoms with E-state index in [0.29, 0.717) is 25.7 Å². The van der Waals surface area contributed by atoms with Crippen molar-refractivity contribution < 1.29 is 19.7 Å². The highest BCUT2D eigenvalue weighted by Gasteiger charge is 2.29. The van der Waals surface area contributed by atoms with Gasteiger partial charge in [-0.3, -0.25) is 4.98 Å². The summed E-state index contributed by atoms with van der Waals surface area (Å²) in [5.74, 6) is 2.05. The summed E-state index contributed by atoms with van der Waals surface area (Å²) in [7, 11) is 0. The summed E-state index contributed by atoms with van der Waals surface area (Å²) in [5.41, 5.74) is 13.6. The Labute approximate surface area is 393 Å². The van der Waals surface area contributed by atoms with Crippen molar-refractivity contribution >= 4 is 10.9 Å². The van der Waals surface area contributed by atoms with Gasteiger partial charge in [0.25, 0.3) is 0 Å². The van der Waals surface area contributed by atoms with Crippen LogP contribution < -0.4 is 9.47 Å². The number of hydrogen-bond donors (Lipinski definition) is 2. The number of phenolic OH excluding ortho intramolecular Hbond substituents is 2. The molecule has 5 aromatic carbocycles. The van der Waals surface area contributed by atoms with Crippen molar-refractivity contribution in [2.24, 2.45) is 0 Å². The van der Waals surface area contributed by atoms with E-state index in [1.54, 1.807) is 6.20 Å². The standard InChI is InChI=1S/C60H68N2O4/c1-57(2,3)46-27-38-23-42-31-48(59(7,8)9)32-43(55(42)65-35-50-18-15-16-22-61-50)24-39-28-47(58(4,5)6)30-41(54(39)64)26-45-34-49(60(10,11)12)33-44(25-40(29-46)53(38)63)56(45)66-36-51-21-20-37-17-13-14-19-52(37)62-51/h13-22,27-34,63-64H,23-26,35-36H2,1-12H3. The Kier molecular flexibility index (Phi) is 12.4. The molecular weight excluding hydrogens is 813 g/mol. The molecule has 2 aromatic heterocycles. The molecule has 8 bridgehead atoms. The normalized spacial score (nSPS) is 13.5. The molecule has 0 unspecified atom stereocenters. The SMILES string of the molecule is CC(C)(C)c1cc2c(O)c(c1)Cc1cc(C(C)(C)C)cc(c1OCc1ccc3ccccc3n1)Cc1cc(C(C)(C)C)cc(c1O)Cc1cc(C(C)(C)C)cc(c1OCc1ccccn1)C2. The van der Waals surface area contributed by atoms with Gasteiger partial charge in [-0.2, -0.15) is 0 Å². The molecule has 1 aliphatic carbocycles. The van der Waals surface area contributed by atoms with E-state index in [9.17, 15) is 10.2 Å². The van der Waals surface area contributed by atoms with Gasteiger partial charge in [0.1, 0.15) is 36.2 Å². The highest BCUT2D eigenvalue weighted by Crippen LogP contribution is 2.44. The average molecular weight is 881 g/mol. The zero-order valence-electron chi connectivity index (χ0n) is 41.2. The number of rotatable bonds is 6. The molecule has 6 heteroatoms. The molecule has 1 aliphatic rings. The predicted molar refractivity (Wildman–Crippen MR) is 270 cm³/mol. The maximum atomic E-state index is 12.7. The van der Waals surface area contributed by atoms with Gasteiger partial charge in [-0.05, 0) is 113 Å². The van der Waals surface area contributed by atoms with E-state index in [-0.39, 0.29) is 46.4 Å². The molecule has 342 valence electrons. The molecule has 0 fully saturated rings. The number of nitrogens with zero attached hydrogens (tertiary/aromatic N) is 2. The van der Waals surface area contributed by atoms with E-state index in [1.165, 1.54) is 0 Å². The number of ether oxygens (including phenoxy) is 2. The Morgan fingerprint density at radius 3 is 1.17 bits per heavy atom. The van der Waals surface area contributed by atoms with Crippen LogP contribution in [-0.2, 0) is 60.6 Å². The first-order chi connectivity index (χ1) is 31.0. The zero-order chi connectivity index (χ0) is 47.3. The van der Waals surface area contributed by atoms with Gasteiger partial charge in [0.05, 0.1) is 16.9 Å². The molecule has 66 heavy (non-hydrogen) atoms. The van der Waals surface area contributed by atoms with Crippen LogP contribution in [0.4, 0.5) is 0 Å². The van der Waals surface area contributed by atoms with E-state index in [1.807, 2.05) is 42.5 Å². The minimum absolute atomic E-state index is 0.197. The van der Waals surface area contributed by atoms with Gasteiger partial charge in [-0.15, -0.1) is 0 Å². The van der Waals surface area contributed by atoms with Crippen LogP contribution in [0.2, 0.25) is 0 Å². The molecule has 0 atom stereocenters. The zero-order valence-corrected chi connectivity index (χ0v) is 41.2. The molecule has 0 radical (unpaired) electrons. The third-order valence-corrected chi connectivity index (χ3v) is 13.1. The fraction of sp³-hybridized carbons (Fsp3) is 0.367. The Morgan fingerprint density at radius 1 is 0.424 bits per heavy atom. The number of pyridine rings is 2. The molecule has 2 N–H and O–H groups in total. The summed E-state index contributed by atoms with van der Waals surface area (Å²) in [6.07, 6.45) is 3.51. The molecular formula is C60H68N2O4. The third-order valence-electron chi connectivity index (χ3n) is 13.1. The number of para-hydroxylation sites is 1. The van der Waals surface area contributed by atoms with Crippen molar-refractivity contribution in [3.05, 3.63) is 187 Å². The summed E-state index contributed by atoms with van der Waals surface area (Å²) in [6.45, 7) is 27.3. The monoisotopic (exact) mass is 881 g/mol. The number of aromatic hydroxyl groups is 2. The number of fused-ring (bicyclic) bond motifs is 9. The van der Waals surface area contributed by atoms with Gasteiger partial charge in [-0.25, -0.2) is 4.98 Å². The van der Waals surface area contributed by atoms with Gasteiger partial charge >= 0.3 is 0 Å². The van der Waals surface area contributed by atoms with E-state index in [4.69, 9.17) is 14.5 Å². The minimum Gasteiger partial charge on any atom is -0.507 e. The fourth-order valence-electron chi connectivity index (χ4n) is 8.98. The summed E-state index contributed by atoms with van der Waals surface area (Å²) < 4.78 is 14.0. The van der Waals surface area contributed by atoms with Crippen LogP contribution in [0.3, 0.4) is 0 Å². The van der Waals surface area contributed by atoms with Gasteiger partial charge in [0, 0.05) is 37.3 Å². The fourth-order valence-corrected chi connectivity index (χ4v) is 8.98. The summed E-state index contributed by atoms with van der Waals surface area (Å²) >= 11 is 0. The smallest absolute Gasteiger partial charge is 0.130 e. The Hall–Kier alpha value is -6.14. The number of phenols is 2. The summed E-state index contributed by atoms with van der Waals surface area (Å²) in [4.78, 5) is 9.60. The van der Waals surface area contributed by atoms with Crippen molar-refractivity contribution in [3.8, 4) is 23.0 Å². The van der Waals surface area contributed by atoms with Crippen molar-refractivity contribution in [1.29, 1.82) is 0 Å². The van der Waals surface area contributed by atoms with Crippen LogP contribution in [0.5, 0.6) is 23.0 Å². The van der Waals surface area contributed by atoms with E-state index < -0.39 is 0 Å². The number of benzene rings is 5. The minimum atomic E-state index is -0.209. The number of aromatic nitrogens is 2. The lowest BCUT2D eigenvalue weighted by Crippen LogP contribution is -2.16. The molecule has 0 saturated carbocycles. The lowest BCUT2D eigenvalue weighted by atomic mass is 9.79. The lowest BCUT2D eigenvalue weighted by Gasteiger charge is -2.28. The molecule has 0 spiro atoms. The lowest BCUT2D eigenvalue weighted by molar-refractivity contribution is 0.295. The van der Waals surface area contributed by atoms with Gasteiger partial charge in [-0.1, -0.05) is 162 Å². The van der Waals surface area contributed by atoms with Crippen LogP contribution in [0, 0.1) is 0 Å². The summed E-state index contributed by atoms with van der Waals surface area (Å²) in [5, 5.41) is 26.4. The van der Waals surface area contributed by atoms with Crippen LogP contribution in [-0.4, -0.2) is 20.2 Å². The van der Waals surface area contributed by atoms with E-state index in [2.05, 4.69) is 149 Å². The highest BCUT2D eigenvalue weighted by molar-refractivity contribution is 5.78. The highest BCUT2D eigenvalue weighted by atomic mass is 16.5. The second-order valence-electron chi connectivity index (χ2n) is 22.6. The first-order valence-electron chi connectivity index (χ1n) is 23.5. The number of hydrogen-bond acceptors (Lipinski definition) is 6. The quantitative estimate of drug-likeness (QED) is 0.173. The summed E-state index contributed by atoms with van der Waals surface area (Å²) in [6, 6.07) is 35.9. The first kappa shape index (κ1) is 46.4. The third kappa shape index (κ3) is 10.1. The largest absolute Gasteiger partial charge is 0.507 e. The maximum absolute atomic E-state index is 12.7. The topological polar surface area (TPSA) is 84.7 Å². The van der Waals surface area contributed by atoms with Gasteiger partial charge < -0.3 is 19.7 Å². The Morgan fingerprint density at radius 2 is 0.788 bits per heavy atom. The predicted octanol–water partition coefficient (Wildman–Crippen LogP) is 14.1. The van der Waals surface area contributed by atoms with Crippen molar-refractivity contribution in [3.63, 3.8) is 0 Å². The van der Waals surface area contributed by atoms with Crippen LogP contribution in [0.25, 0.3) is 10.9 Å². The molecule has 0 aliphatic heterocycles. The van der Waals surface area contributed by atoms with Gasteiger partial charge in [0.15, 0.2) is 0 Å². The van der Waals surface area contributed by atoms with Crippen molar-refractivity contribution in [2.45, 2.75) is 144 Å². The molecule has 7 aromatic rings. The van der Waals surface area contributed by atoms with Crippen molar-refractivity contribution in [1.82, 2.24) is 9.97 Å². The molecule has 6 nitrogen and oxygen atoms in total. The first-order valence-corrected chi connectivity index (χ1v) is 23.5. The average Bonchev–Trinajstić information content (AvgIpc) is 3.24. The Bertz CT molecular complexity index is 2800.